The molecular weight excluding hydrogens is 202 g/mol. The van der Waals surface area contributed by atoms with Gasteiger partial charge in [0.25, 0.3) is 0 Å². The minimum atomic E-state index is -0.744. The summed E-state index contributed by atoms with van der Waals surface area (Å²) in [4.78, 5) is 13.9. The Kier molecular flexibility index (Phi) is 3.22. The van der Waals surface area contributed by atoms with E-state index in [1.54, 1.807) is 0 Å². The number of carbonyl (C=O) groups excluding carboxylic acids is 1. The zero-order chi connectivity index (χ0) is 11.8. The van der Waals surface area contributed by atoms with Crippen LogP contribution in [0.25, 0.3) is 0 Å². The van der Waals surface area contributed by atoms with Crippen molar-refractivity contribution in [2.24, 2.45) is 11.5 Å². The average molecular weight is 225 g/mol. The second-order valence-corrected chi connectivity index (χ2v) is 5.39. The molecule has 92 valence electrons. The summed E-state index contributed by atoms with van der Waals surface area (Å²) >= 11 is 0. The molecule has 16 heavy (non-hydrogen) atoms. The highest BCUT2D eigenvalue weighted by molar-refractivity contribution is 5.84. The lowest BCUT2D eigenvalue weighted by Gasteiger charge is -2.29. The lowest BCUT2D eigenvalue weighted by atomic mass is 9.98. The highest BCUT2D eigenvalue weighted by Crippen LogP contribution is 2.37. The molecule has 0 heterocycles. The molecule has 0 radical (unpaired) electrons. The van der Waals surface area contributed by atoms with Gasteiger partial charge in [-0.1, -0.05) is 6.92 Å². The van der Waals surface area contributed by atoms with Crippen LogP contribution in [0.15, 0.2) is 0 Å². The molecule has 2 fully saturated rings. The third kappa shape index (κ3) is 2.23. The molecule has 2 unspecified atom stereocenters. The fourth-order valence-corrected chi connectivity index (χ4v) is 2.88. The largest absolute Gasteiger partial charge is 0.368 e. The van der Waals surface area contributed by atoms with E-state index in [0.29, 0.717) is 6.04 Å². The van der Waals surface area contributed by atoms with Crippen LogP contribution in [0.5, 0.6) is 0 Å². The predicted octanol–water partition coefficient (Wildman–Crippen LogP) is 0.596. The first-order valence-electron chi connectivity index (χ1n) is 6.41. The van der Waals surface area contributed by atoms with E-state index in [2.05, 4.69) is 11.8 Å². The van der Waals surface area contributed by atoms with Gasteiger partial charge in [0, 0.05) is 12.1 Å². The number of hydrogen-bond acceptors (Lipinski definition) is 3. The van der Waals surface area contributed by atoms with Crippen LogP contribution < -0.4 is 11.5 Å². The summed E-state index contributed by atoms with van der Waals surface area (Å²) in [6, 6.07) is 1.23. The molecule has 4 nitrogen and oxygen atoms in total. The Morgan fingerprint density at radius 3 is 2.50 bits per heavy atom. The summed E-state index contributed by atoms with van der Waals surface area (Å²) in [6.45, 7) is 3.33. The monoisotopic (exact) mass is 225 g/mol. The molecule has 2 aliphatic rings. The molecule has 0 saturated heterocycles. The van der Waals surface area contributed by atoms with Crippen LogP contribution in [0.3, 0.4) is 0 Å². The lowest BCUT2D eigenvalue weighted by Crippen LogP contribution is -2.51. The van der Waals surface area contributed by atoms with Crippen molar-refractivity contribution in [1.29, 1.82) is 0 Å². The Hall–Kier alpha value is -0.610. The molecule has 2 rings (SSSR count). The van der Waals surface area contributed by atoms with Crippen LogP contribution in [-0.4, -0.2) is 35.0 Å². The van der Waals surface area contributed by atoms with Crippen molar-refractivity contribution in [3.63, 3.8) is 0 Å². The molecule has 0 bridgehead atoms. The van der Waals surface area contributed by atoms with Crippen LogP contribution in [0, 0.1) is 0 Å². The molecule has 0 spiro atoms. The standard InChI is InChI=1S/C12H23N3O/c1-2-7-15(9-3-4-9)10-5-6-12(14,8-10)11(13)16/h9-10H,2-8,14H2,1H3,(H2,13,16). The van der Waals surface area contributed by atoms with E-state index in [4.69, 9.17) is 11.5 Å². The van der Waals surface area contributed by atoms with E-state index >= 15 is 0 Å². The Morgan fingerprint density at radius 2 is 2.06 bits per heavy atom. The quantitative estimate of drug-likeness (QED) is 0.719. The highest BCUT2D eigenvalue weighted by Gasteiger charge is 2.45. The topological polar surface area (TPSA) is 72.3 Å². The number of primary amides is 1. The maximum atomic E-state index is 11.3. The first-order valence-corrected chi connectivity index (χ1v) is 6.41. The smallest absolute Gasteiger partial charge is 0.237 e. The summed E-state index contributed by atoms with van der Waals surface area (Å²) in [5, 5.41) is 0. The van der Waals surface area contributed by atoms with Crippen LogP contribution in [-0.2, 0) is 4.79 Å². The van der Waals surface area contributed by atoms with Crippen molar-refractivity contribution in [2.75, 3.05) is 6.54 Å². The third-order valence-corrected chi connectivity index (χ3v) is 3.98. The van der Waals surface area contributed by atoms with Gasteiger partial charge in [-0.15, -0.1) is 0 Å². The van der Waals surface area contributed by atoms with Gasteiger partial charge in [-0.05, 0) is 45.1 Å². The Balaban J connectivity index is 1.98. The number of carbonyl (C=O) groups is 1. The maximum Gasteiger partial charge on any atom is 0.237 e. The van der Waals surface area contributed by atoms with Crippen LogP contribution >= 0.6 is 0 Å². The van der Waals surface area contributed by atoms with Gasteiger partial charge in [-0.25, -0.2) is 0 Å². The van der Waals surface area contributed by atoms with E-state index in [1.807, 2.05) is 0 Å². The Labute approximate surface area is 97.3 Å². The summed E-state index contributed by atoms with van der Waals surface area (Å²) in [5.41, 5.74) is 10.7. The van der Waals surface area contributed by atoms with Gasteiger partial charge < -0.3 is 11.5 Å². The molecule has 0 aromatic rings. The summed E-state index contributed by atoms with van der Waals surface area (Å²) in [6.07, 6.45) is 6.31. The molecule has 0 aromatic heterocycles. The molecule has 2 atom stereocenters. The van der Waals surface area contributed by atoms with Gasteiger partial charge in [-0.3, -0.25) is 9.69 Å². The number of hydrogen-bond donors (Lipinski definition) is 2. The molecule has 2 aliphatic carbocycles. The van der Waals surface area contributed by atoms with Crippen LogP contribution in [0.2, 0.25) is 0 Å². The summed E-state index contributed by atoms with van der Waals surface area (Å²) in [5.74, 6) is -0.331. The zero-order valence-corrected chi connectivity index (χ0v) is 10.1. The van der Waals surface area contributed by atoms with Crippen LogP contribution in [0.1, 0.15) is 45.4 Å². The van der Waals surface area contributed by atoms with Crippen molar-refractivity contribution in [3.8, 4) is 0 Å². The molecule has 4 heteroatoms. The number of amides is 1. The average Bonchev–Trinajstić information content (AvgIpc) is 2.98. The Bertz CT molecular complexity index is 277. The van der Waals surface area contributed by atoms with Gasteiger partial charge in [-0.2, -0.15) is 0 Å². The minimum Gasteiger partial charge on any atom is -0.368 e. The van der Waals surface area contributed by atoms with Crippen molar-refractivity contribution < 1.29 is 4.79 Å². The number of rotatable bonds is 5. The Morgan fingerprint density at radius 1 is 1.38 bits per heavy atom. The molecule has 2 saturated carbocycles. The first-order chi connectivity index (χ1) is 7.57. The molecule has 0 aromatic carbocycles. The summed E-state index contributed by atoms with van der Waals surface area (Å²) < 4.78 is 0. The molecule has 4 N–H and O–H groups in total. The first kappa shape index (κ1) is 11.9. The fraction of sp³-hybridized carbons (Fsp3) is 0.917. The number of nitrogens with two attached hydrogens (primary N) is 2. The fourth-order valence-electron chi connectivity index (χ4n) is 2.88. The van der Waals surface area contributed by atoms with Gasteiger partial charge in [0.05, 0.1) is 5.54 Å². The number of nitrogens with zero attached hydrogens (tertiary/aromatic N) is 1. The van der Waals surface area contributed by atoms with E-state index in [9.17, 15) is 4.79 Å². The van der Waals surface area contributed by atoms with Crippen molar-refractivity contribution >= 4 is 5.91 Å². The van der Waals surface area contributed by atoms with E-state index < -0.39 is 5.54 Å². The van der Waals surface area contributed by atoms with Gasteiger partial charge in [0.15, 0.2) is 0 Å². The molecular formula is C12H23N3O. The van der Waals surface area contributed by atoms with Gasteiger partial charge in [0.2, 0.25) is 5.91 Å². The molecule has 1 amide bonds. The maximum absolute atomic E-state index is 11.3. The van der Waals surface area contributed by atoms with E-state index in [0.717, 1.165) is 31.8 Å². The molecule has 0 aliphatic heterocycles. The van der Waals surface area contributed by atoms with Gasteiger partial charge in [0.1, 0.15) is 0 Å². The SMILES string of the molecule is CCCN(C1CC1)C1CCC(N)(C(N)=O)C1. The highest BCUT2D eigenvalue weighted by atomic mass is 16.1. The summed E-state index contributed by atoms with van der Waals surface area (Å²) in [7, 11) is 0. The van der Waals surface area contributed by atoms with Crippen molar-refractivity contribution in [3.05, 3.63) is 0 Å². The van der Waals surface area contributed by atoms with E-state index in [-0.39, 0.29) is 5.91 Å². The zero-order valence-electron chi connectivity index (χ0n) is 10.1. The predicted molar refractivity (Wildman–Crippen MR) is 63.8 cm³/mol. The van der Waals surface area contributed by atoms with Crippen molar-refractivity contribution in [1.82, 2.24) is 4.90 Å². The van der Waals surface area contributed by atoms with Crippen molar-refractivity contribution in [2.45, 2.75) is 63.1 Å². The third-order valence-electron chi connectivity index (χ3n) is 3.98. The van der Waals surface area contributed by atoms with Gasteiger partial charge >= 0.3 is 0 Å². The second kappa shape index (κ2) is 4.34. The van der Waals surface area contributed by atoms with Crippen LogP contribution in [0.4, 0.5) is 0 Å². The lowest BCUT2D eigenvalue weighted by molar-refractivity contribution is -0.123. The minimum absolute atomic E-state index is 0.331. The second-order valence-electron chi connectivity index (χ2n) is 5.39. The normalized spacial score (nSPS) is 34.6. The van der Waals surface area contributed by atoms with E-state index in [1.165, 1.54) is 19.3 Å².